The van der Waals surface area contributed by atoms with Gasteiger partial charge in [-0.2, -0.15) is 5.53 Å². The maximum absolute atomic E-state index is 12.5. The zero-order chi connectivity index (χ0) is 18.5. The van der Waals surface area contributed by atoms with Crippen molar-refractivity contribution in [1.29, 1.82) is 0 Å². The van der Waals surface area contributed by atoms with Gasteiger partial charge in [0.05, 0.1) is 6.54 Å². The van der Waals surface area contributed by atoms with E-state index in [1.165, 1.54) is 0 Å². The van der Waals surface area contributed by atoms with Gasteiger partial charge in [-0.05, 0) is 30.9 Å². The van der Waals surface area contributed by atoms with Gasteiger partial charge in [-0.1, -0.05) is 48.5 Å². The van der Waals surface area contributed by atoms with Crippen LogP contribution >= 0.6 is 0 Å². The summed E-state index contributed by atoms with van der Waals surface area (Å²) in [5.74, 6) is 1.03. The fourth-order valence-corrected chi connectivity index (χ4v) is 3.90. The lowest BCUT2D eigenvalue weighted by Gasteiger charge is -2.29. The van der Waals surface area contributed by atoms with Crippen LogP contribution in [0.15, 0.2) is 54.6 Å². The van der Waals surface area contributed by atoms with Crippen LogP contribution < -0.4 is 26.4 Å². The van der Waals surface area contributed by atoms with Crippen molar-refractivity contribution in [2.24, 2.45) is 5.92 Å². The lowest BCUT2D eigenvalue weighted by molar-refractivity contribution is -0.126. The molecule has 3 unspecified atom stereocenters. The number of fused-ring (bicyclic) bond motifs is 1. The topological polar surface area (TPSA) is 74.4 Å². The number of carbonyl (C=O) groups is 1. The number of hydrazine groups is 2. The molecule has 1 aliphatic heterocycles. The molecule has 0 bridgehead atoms. The van der Waals surface area contributed by atoms with Crippen LogP contribution in [0.25, 0.3) is 11.1 Å². The molecule has 1 aliphatic carbocycles. The number of hydrogen-bond donors (Lipinski definition) is 4. The quantitative estimate of drug-likeness (QED) is 0.589. The molecule has 6 heteroatoms. The van der Waals surface area contributed by atoms with Gasteiger partial charge in [-0.3, -0.25) is 4.79 Å². The van der Waals surface area contributed by atoms with Crippen LogP contribution in [0.4, 0.5) is 0 Å². The molecule has 0 aromatic heterocycles. The SMILES string of the molecule is O=C(NCCOc1ccccc1-c1ccccc1)C1CCC2NNNC2C1. The molecule has 1 saturated heterocycles. The van der Waals surface area contributed by atoms with Crippen molar-refractivity contribution in [2.45, 2.75) is 31.3 Å². The van der Waals surface area contributed by atoms with Crippen LogP contribution in [0.2, 0.25) is 0 Å². The van der Waals surface area contributed by atoms with E-state index in [0.717, 1.165) is 36.1 Å². The minimum absolute atomic E-state index is 0.0667. The van der Waals surface area contributed by atoms with Crippen molar-refractivity contribution in [1.82, 2.24) is 21.7 Å². The second-order valence-corrected chi connectivity index (χ2v) is 7.14. The molecule has 2 fully saturated rings. The Bertz CT molecular complexity index is 768. The zero-order valence-corrected chi connectivity index (χ0v) is 15.3. The van der Waals surface area contributed by atoms with Gasteiger partial charge >= 0.3 is 0 Å². The second kappa shape index (κ2) is 8.52. The van der Waals surface area contributed by atoms with Gasteiger partial charge in [0, 0.05) is 23.6 Å². The minimum Gasteiger partial charge on any atom is -0.491 e. The molecule has 4 N–H and O–H groups in total. The summed E-state index contributed by atoms with van der Waals surface area (Å²) >= 11 is 0. The van der Waals surface area contributed by atoms with Gasteiger partial charge in [0.2, 0.25) is 5.91 Å². The Morgan fingerprint density at radius 1 is 1.00 bits per heavy atom. The van der Waals surface area contributed by atoms with Crippen LogP contribution in [0.3, 0.4) is 0 Å². The van der Waals surface area contributed by atoms with Crippen LogP contribution in [-0.2, 0) is 4.79 Å². The van der Waals surface area contributed by atoms with E-state index in [2.05, 4.69) is 39.9 Å². The fourth-order valence-electron chi connectivity index (χ4n) is 3.90. The highest BCUT2D eigenvalue weighted by molar-refractivity contribution is 5.78. The van der Waals surface area contributed by atoms with Gasteiger partial charge in [-0.15, -0.1) is 0 Å². The largest absolute Gasteiger partial charge is 0.491 e. The molecule has 1 amide bonds. The number of amides is 1. The summed E-state index contributed by atoms with van der Waals surface area (Å²) in [6.07, 6.45) is 2.78. The van der Waals surface area contributed by atoms with Crippen LogP contribution in [0, 0.1) is 5.92 Å². The monoisotopic (exact) mass is 366 g/mol. The maximum atomic E-state index is 12.5. The molecule has 3 atom stereocenters. The maximum Gasteiger partial charge on any atom is 0.223 e. The van der Waals surface area contributed by atoms with Crippen LogP contribution in [-0.4, -0.2) is 31.1 Å². The van der Waals surface area contributed by atoms with E-state index in [0.29, 0.717) is 25.2 Å². The smallest absolute Gasteiger partial charge is 0.223 e. The number of hydrogen-bond acceptors (Lipinski definition) is 5. The summed E-state index contributed by atoms with van der Waals surface area (Å²) in [6.45, 7) is 0.964. The number of ether oxygens (including phenoxy) is 1. The highest BCUT2D eigenvalue weighted by Crippen LogP contribution is 2.29. The van der Waals surface area contributed by atoms with E-state index < -0.39 is 0 Å². The third-order valence-corrected chi connectivity index (χ3v) is 5.37. The first-order valence-corrected chi connectivity index (χ1v) is 9.62. The summed E-state index contributed by atoms with van der Waals surface area (Å²) in [4.78, 5) is 12.5. The Kier molecular flexibility index (Phi) is 5.67. The molecule has 6 nitrogen and oxygen atoms in total. The molecule has 0 spiro atoms. The first-order chi connectivity index (χ1) is 13.3. The van der Waals surface area contributed by atoms with Gasteiger partial charge in [0.1, 0.15) is 12.4 Å². The summed E-state index contributed by atoms with van der Waals surface area (Å²) in [5, 5.41) is 3.03. The minimum atomic E-state index is 0.0667. The van der Waals surface area contributed by atoms with E-state index in [-0.39, 0.29) is 11.8 Å². The molecule has 1 heterocycles. The molecule has 0 radical (unpaired) electrons. The van der Waals surface area contributed by atoms with Crippen LogP contribution in [0.1, 0.15) is 19.3 Å². The molecule has 142 valence electrons. The molecule has 1 saturated carbocycles. The van der Waals surface area contributed by atoms with Crippen molar-refractivity contribution in [3.63, 3.8) is 0 Å². The van der Waals surface area contributed by atoms with E-state index in [4.69, 9.17) is 4.74 Å². The Balaban J connectivity index is 1.26. The van der Waals surface area contributed by atoms with Gasteiger partial charge < -0.3 is 10.1 Å². The molecule has 2 aromatic rings. The Morgan fingerprint density at radius 2 is 1.78 bits per heavy atom. The number of benzene rings is 2. The number of rotatable bonds is 6. The fraction of sp³-hybridized carbons (Fsp3) is 0.381. The highest BCUT2D eigenvalue weighted by Gasteiger charge is 2.36. The predicted octanol–water partition coefficient (Wildman–Crippen LogP) is 2.00. The first kappa shape index (κ1) is 18.0. The molecular formula is C21H26N4O2. The summed E-state index contributed by atoms with van der Waals surface area (Å²) in [5.41, 5.74) is 11.5. The van der Waals surface area contributed by atoms with Gasteiger partial charge in [-0.25, -0.2) is 10.9 Å². The van der Waals surface area contributed by atoms with Crippen molar-refractivity contribution in [2.75, 3.05) is 13.2 Å². The molecular weight excluding hydrogens is 340 g/mol. The number of carbonyl (C=O) groups excluding carboxylic acids is 1. The summed E-state index contributed by atoms with van der Waals surface area (Å²) in [7, 11) is 0. The standard InChI is InChI=1S/C21H26N4O2/c26-21(16-10-11-18-19(14-16)24-25-23-18)22-12-13-27-20-9-5-4-8-17(20)15-6-2-1-3-7-15/h1-9,16,18-19,23-25H,10-14H2,(H,22,26). The molecule has 2 aliphatic rings. The second-order valence-electron chi connectivity index (χ2n) is 7.14. The van der Waals surface area contributed by atoms with E-state index in [1.54, 1.807) is 0 Å². The van der Waals surface area contributed by atoms with E-state index >= 15 is 0 Å². The van der Waals surface area contributed by atoms with Gasteiger partial charge in [0.15, 0.2) is 0 Å². The van der Waals surface area contributed by atoms with Gasteiger partial charge in [0.25, 0.3) is 0 Å². The predicted molar refractivity (Wildman–Crippen MR) is 105 cm³/mol. The van der Waals surface area contributed by atoms with Crippen molar-refractivity contribution in [3.05, 3.63) is 54.6 Å². The number of nitrogens with one attached hydrogen (secondary N) is 4. The van der Waals surface area contributed by atoms with Crippen molar-refractivity contribution < 1.29 is 9.53 Å². The third-order valence-electron chi connectivity index (χ3n) is 5.37. The number of para-hydroxylation sites is 1. The zero-order valence-electron chi connectivity index (χ0n) is 15.3. The normalized spacial score (nSPS) is 24.2. The highest BCUT2D eigenvalue weighted by atomic mass is 16.5. The summed E-state index contributed by atoms with van der Waals surface area (Å²) in [6, 6.07) is 18.9. The lowest BCUT2D eigenvalue weighted by Crippen LogP contribution is -2.44. The molecule has 2 aromatic carbocycles. The first-order valence-electron chi connectivity index (χ1n) is 9.62. The Morgan fingerprint density at radius 3 is 2.67 bits per heavy atom. The molecule has 27 heavy (non-hydrogen) atoms. The van der Waals surface area contributed by atoms with Crippen molar-refractivity contribution in [3.8, 4) is 16.9 Å². The average molecular weight is 366 g/mol. The Hall–Kier alpha value is -2.41. The van der Waals surface area contributed by atoms with E-state index in [9.17, 15) is 4.79 Å². The summed E-state index contributed by atoms with van der Waals surface area (Å²) < 4.78 is 5.95. The van der Waals surface area contributed by atoms with E-state index in [1.807, 2.05) is 36.4 Å². The lowest BCUT2D eigenvalue weighted by atomic mass is 9.82. The van der Waals surface area contributed by atoms with Crippen molar-refractivity contribution >= 4 is 5.91 Å². The third kappa shape index (κ3) is 4.30. The Labute approximate surface area is 159 Å². The molecule has 4 rings (SSSR count). The average Bonchev–Trinajstić information content (AvgIpc) is 3.20. The van der Waals surface area contributed by atoms with Crippen LogP contribution in [0.5, 0.6) is 5.75 Å².